The molecule has 0 aliphatic heterocycles. The van der Waals surface area contributed by atoms with Crippen molar-refractivity contribution in [2.24, 2.45) is 0 Å². The first-order valence-electron chi connectivity index (χ1n) is 8.52. The van der Waals surface area contributed by atoms with Crippen molar-refractivity contribution in [2.75, 3.05) is 4.72 Å². The van der Waals surface area contributed by atoms with Gasteiger partial charge in [0, 0.05) is 22.2 Å². The molecule has 0 amide bonds. The molecule has 0 saturated carbocycles. The number of fused-ring (bicyclic) bond motifs is 1. The number of hydrogen-bond acceptors (Lipinski definition) is 4. The summed E-state index contributed by atoms with van der Waals surface area (Å²) in [7, 11) is -3.82. The second-order valence-corrected chi connectivity index (χ2v) is 9.04. The first kappa shape index (κ1) is 20.6. The number of rotatable bonds is 6. The van der Waals surface area contributed by atoms with Crippen LogP contribution in [0, 0.1) is 0 Å². The lowest BCUT2D eigenvalue weighted by molar-refractivity contribution is -0.134. The van der Waals surface area contributed by atoms with Gasteiger partial charge in [0.1, 0.15) is 0 Å². The molecule has 0 heterocycles. The maximum absolute atomic E-state index is 12.8. The molecule has 146 valence electrons. The minimum absolute atomic E-state index is 0.0931. The zero-order valence-corrected chi connectivity index (χ0v) is 18.1. The van der Waals surface area contributed by atoms with E-state index in [9.17, 15) is 13.2 Å². The van der Waals surface area contributed by atoms with Crippen LogP contribution in [-0.4, -0.2) is 14.4 Å². The number of sulfonamides is 1. The van der Waals surface area contributed by atoms with Gasteiger partial charge in [-0.2, -0.15) is 0 Å². The van der Waals surface area contributed by atoms with Gasteiger partial charge in [-0.1, -0.05) is 42.8 Å². The molecular weight excluding hydrogens is 466 g/mol. The standard InChI is InChI=1S/C20H17BrClNO4S/c1-2-5-19(24)27-20-16-7-4-3-6-15(16)18(12-17(20)21)23-28(25,26)14-10-8-13(22)9-11-14/h3-4,6-12,23H,2,5H2,1H3. The van der Waals surface area contributed by atoms with Crippen molar-refractivity contribution < 1.29 is 17.9 Å². The van der Waals surface area contributed by atoms with Gasteiger partial charge in [0.15, 0.2) is 5.75 Å². The zero-order valence-electron chi connectivity index (χ0n) is 14.9. The molecule has 0 aliphatic carbocycles. The molecule has 5 nitrogen and oxygen atoms in total. The maximum atomic E-state index is 12.8. The van der Waals surface area contributed by atoms with E-state index in [1.807, 2.05) is 6.92 Å². The summed E-state index contributed by atoms with van der Waals surface area (Å²) in [5.74, 6) is 0.0198. The molecule has 3 aromatic carbocycles. The van der Waals surface area contributed by atoms with Crippen molar-refractivity contribution >= 4 is 60.0 Å². The summed E-state index contributed by atoms with van der Waals surface area (Å²) in [6.07, 6.45) is 0.971. The summed E-state index contributed by atoms with van der Waals surface area (Å²) in [5.41, 5.74) is 0.368. The Kier molecular flexibility index (Phi) is 6.27. The lowest BCUT2D eigenvalue weighted by Crippen LogP contribution is -2.14. The SMILES string of the molecule is CCCC(=O)Oc1c(Br)cc(NS(=O)(=O)c2ccc(Cl)cc2)c2ccccc12. The van der Waals surface area contributed by atoms with Gasteiger partial charge in [0.05, 0.1) is 15.1 Å². The fourth-order valence-corrected chi connectivity index (χ4v) is 4.41. The van der Waals surface area contributed by atoms with Crippen molar-refractivity contribution in [3.05, 3.63) is 64.1 Å². The van der Waals surface area contributed by atoms with Gasteiger partial charge in [-0.15, -0.1) is 0 Å². The summed E-state index contributed by atoms with van der Waals surface area (Å²) < 4.78 is 34.1. The monoisotopic (exact) mass is 481 g/mol. The average Bonchev–Trinajstić information content (AvgIpc) is 2.65. The molecule has 0 saturated heterocycles. The molecule has 28 heavy (non-hydrogen) atoms. The number of nitrogens with one attached hydrogen (secondary N) is 1. The van der Waals surface area contributed by atoms with Crippen LogP contribution in [0.5, 0.6) is 5.75 Å². The smallest absolute Gasteiger partial charge is 0.311 e. The van der Waals surface area contributed by atoms with Crippen LogP contribution in [0.15, 0.2) is 64.0 Å². The highest BCUT2D eigenvalue weighted by Crippen LogP contribution is 2.39. The summed E-state index contributed by atoms with van der Waals surface area (Å²) in [4.78, 5) is 12.1. The van der Waals surface area contributed by atoms with Crippen LogP contribution in [0.1, 0.15) is 19.8 Å². The summed E-state index contributed by atoms with van der Waals surface area (Å²) >= 11 is 9.23. The molecule has 3 aromatic rings. The van der Waals surface area contributed by atoms with Crippen molar-refractivity contribution in [3.8, 4) is 5.75 Å². The quantitative estimate of drug-likeness (QED) is 0.358. The Morgan fingerprint density at radius 1 is 1.11 bits per heavy atom. The van der Waals surface area contributed by atoms with Crippen molar-refractivity contribution in [3.63, 3.8) is 0 Å². The van der Waals surface area contributed by atoms with E-state index < -0.39 is 10.0 Å². The van der Waals surface area contributed by atoms with E-state index in [4.69, 9.17) is 16.3 Å². The Balaban J connectivity index is 2.05. The second-order valence-electron chi connectivity index (χ2n) is 6.06. The maximum Gasteiger partial charge on any atom is 0.311 e. The summed E-state index contributed by atoms with van der Waals surface area (Å²) in [5, 5.41) is 1.68. The van der Waals surface area contributed by atoms with Gasteiger partial charge in [-0.25, -0.2) is 8.42 Å². The third kappa shape index (κ3) is 4.48. The van der Waals surface area contributed by atoms with E-state index in [1.165, 1.54) is 24.3 Å². The van der Waals surface area contributed by atoms with Crippen molar-refractivity contribution in [2.45, 2.75) is 24.7 Å². The molecular formula is C20H17BrClNO4S. The molecule has 0 aromatic heterocycles. The first-order valence-corrected chi connectivity index (χ1v) is 11.2. The van der Waals surface area contributed by atoms with E-state index >= 15 is 0 Å². The molecule has 3 rings (SSSR count). The number of hydrogen-bond donors (Lipinski definition) is 1. The Labute approximate surface area is 176 Å². The first-order chi connectivity index (χ1) is 13.3. The summed E-state index contributed by atoms with van der Waals surface area (Å²) in [6.45, 7) is 1.89. The number of carbonyl (C=O) groups excluding carboxylic acids is 1. The molecule has 0 radical (unpaired) electrons. The lowest BCUT2D eigenvalue weighted by atomic mass is 10.1. The third-order valence-electron chi connectivity index (χ3n) is 3.99. The minimum Gasteiger partial charge on any atom is -0.425 e. The van der Waals surface area contributed by atoms with E-state index in [0.717, 1.165) is 0 Å². The van der Waals surface area contributed by atoms with Gasteiger partial charge in [0.25, 0.3) is 10.0 Å². The molecule has 8 heteroatoms. The third-order valence-corrected chi connectivity index (χ3v) is 6.21. The van der Waals surface area contributed by atoms with Crippen molar-refractivity contribution in [1.82, 2.24) is 0 Å². The highest BCUT2D eigenvalue weighted by atomic mass is 79.9. The van der Waals surface area contributed by atoms with Gasteiger partial charge in [0.2, 0.25) is 0 Å². The Hall–Kier alpha value is -2.09. The Bertz CT molecular complexity index is 1130. The fourth-order valence-electron chi connectivity index (χ4n) is 2.69. The second kappa shape index (κ2) is 8.51. The fraction of sp³-hybridized carbons (Fsp3) is 0.150. The number of ether oxygens (including phenoxy) is 1. The molecule has 0 atom stereocenters. The molecule has 0 bridgehead atoms. The van der Waals surface area contributed by atoms with Crippen LogP contribution in [-0.2, 0) is 14.8 Å². The largest absolute Gasteiger partial charge is 0.425 e. The summed E-state index contributed by atoms with van der Waals surface area (Å²) in [6, 6.07) is 14.6. The molecule has 1 N–H and O–H groups in total. The van der Waals surface area contributed by atoms with Gasteiger partial charge < -0.3 is 4.74 Å². The predicted octanol–water partition coefficient (Wildman–Crippen LogP) is 5.76. The molecule has 0 spiro atoms. The normalized spacial score (nSPS) is 11.4. The van der Waals surface area contributed by atoms with E-state index in [2.05, 4.69) is 20.7 Å². The minimum atomic E-state index is -3.82. The van der Waals surface area contributed by atoms with Crippen LogP contribution < -0.4 is 9.46 Å². The molecule has 0 unspecified atom stereocenters. The van der Waals surface area contributed by atoms with E-state index in [1.54, 1.807) is 30.3 Å². The predicted molar refractivity (Wildman–Crippen MR) is 114 cm³/mol. The number of anilines is 1. The van der Waals surface area contributed by atoms with Crippen LogP contribution in [0.4, 0.5) is 5.69 Å². The van der Waals surface area contributed by atoms with Crippen LogP contribution in [0.25, 0.3) is 10.8 Å². The number of esters is 1. The van der Waals surface area contributed by atoms with Gasteiger partial charge >= 0.3 is 5.97 Å². The zero-order chi connectivity index (χ0) is 20.3. The number of halogens is 2. The van der Waals surface area contributed by atoms with Gasteiger partial charge in [-0.3, -0.25) is 9.52 Å². The van der Waals surface area contributed by atoms with Crippen molar-refractivity contribution in [1.29, 1.82) is 0 Å². The van der Waals surface area contributed by atoms with E-state index in [0.29, 0.717) is 44.5 Å². The van der Waals surface area contributed by atoms with Crippen LogP contribution in [0.3, 0.4) is 0 Å². The lowest BCUT2D eigenvalue weighted by Gasteiger charge is -2.15. The van der Waals surface area contributed by atoms with Gasteiger partial charge in [-0.05, 0) is 52.7 Å². The van der Waals surface area contributed by atoms with E-state index in [-0.39, 0.29) is 10.9 Å². The Morgan fingerprint density at radius 3 is 2.39 bits per heavy atom. The number of benzene rings is 3. The topological polar surface area (TPSA) is 72.5 Å². The highest BCUT2D eigenvalue weighted by Gasteiger charge is 2.19. The highest BCUT2D eigenvalue weighted by molar-refractivity contribution is 9.10. The van der Waals surface area contributed by atoms with Crippen LogP contribution in [0.2, 0.25) is 5.02 Å². The Morgan fingerprint density at radius 2 is 1.75 bits per heavy atom. The molecule has 0 fully saturated rings. The number of carbonyl (C=O) groups is 1. The average molecular weight is 483 g/mol. The molecule has 0 aliphatic rings. The van der Waals surface area contributed by atoms with Crippen LogP contribution >= 0.6 is 27.5 Å².